The van der Waals surface area contributed by atoms with Crippen LogP contribution in [0.25, 0.3) is 4.96 Å². The number of nitrogens with zero attached hydrogens (tertiary/aromatic N) is 5. The van der Waals surface area contributed by atoms with Crippen molar-refractivity contribution in [2.45, 2.75) is 32.4 Å². The lowest BCUT2D eigenvalue weighted by molar-refractivity contribution is -0.133. The van der Waals surface area contributed by atoms with Gasteiger partial charge in [-0.05, 0) is 26.3 Å². The second kappa shape index (κ2) is 5.77. The van der Waals surface area contributed by atoms with E-state index in [1.54, 1.807) is 25.9 Å². The molecule has 1 aliphatic heterocycles. The van der Waals surface area contributed by atoms with Gasteiger partial charge in [-0.15, -0.1) is 0 Å². The van der Waals surface area contributed by atoms with Crippen molar-refractivity contribution in [3.05, 3.63) is 27.1 Å². The van der Waals surface area contributed by atoms with Crippen LogP contribution >= 0.6 is 11.3 Å². The molecule has 1 amide bonds. The van der Waals surface area contributed by atoms with Gasteiger partial charge in [0.25, 0.3) is 5.56 Å². The first kappa shape index (κ1) is 15.1. The number of hydrogen-bond donors (Lipinski definition) is 0. The molecule has 1 aliphatic rings. The topological polar surface area (TPSA) is 70.8 Å². The first-order valence-electron chi connectivity index (χ1n) is 7.27. The molecule has 3 rings (SSSR count). The molecule has 2 aromatic heterocycles. The first-order valence-corrected chi connectivity index (χ1v) is 8.09. The van der Waals surface area contributed by atoms with Crippen molar-refractivity contribution in [1.82, 2.24) is 24.4 Å². The molecule has 0 radical (unpaired) electrons. The van der Waals surface area contributed by atoms with Crippen LogP contribution in [0.15, 0.2) is 10.9 Å². The second-order valence-corrected chi connectivity index (χ2v) is 6.83. The van der Waals surface area contributed by atoms with Crippen LogP contribution < -0.4 is 5.56 Å². The number of amides is 1. The van der Waals surface area contributed by atoms with E-state index < -0.39 is 0 Å². The number of likely N-dealkylation sites (tertiary alicyclic amines) is 1. The van der Waals surface area contributed by atoms with Gasteiger partial charge in [0.15, 0.2) is 0 Å². The average molecular weight is 321 g/mol. The fourth-order valence-corrected chi connectivity index (χ4v) is 3.76. The molecule has 0 aromatic carbocycles. The maximum absolute atomic E-state index is 12.2. The van der Waals surface area contributed by atoms with E-state index in [0.29, 0.717) is 17.2 Å². The highest BCUT2D eigenvalue weighted by Gasteiger charge is 2.32. The highest BCUT2D eigenvalue weighted by Crippen LogP contribution is 2.23. The van der Waals surface area contributed by atoms with Gasteiger partial charge in [-0.25, -0.2) is 4.98 Å². The predicted octanol–water partition coefficient (Wildman–Crippen LogP) is 0.512. The van der Waals surface area contributed by atoms with Crippen molar-refractivity contribution in [3.8, 4) is 0 Å². The van der Waals surface area contributed by atoms with Gasteiger partial charge in [-0.1, -0.05) is 11.3 Å². The molecule has 1 saturated heterocycles. The van der Waals surface area contributed by atoms with E-state index in [0.717, 1.165) is 24.4 Å². The molecule has 8 heteroatoms. The Hall–Kier alpha value is -1.80. The Morgan fingerprint density at radius 2 is 2.27 bits per heavy atom. The molecule has 1 unspecified atom stereocenters. The lowest BCUT2D eigenvalue weighted by Gasteiger charge is -2.24. The van der Waals surface area contributed by atoms with Gasteiger partial charge >= 0.3 is 0 Å². The maximum atomic E-state index is 12.2. The van der Waals surface area contributed by atoms with Crippen LogP contribution in [0.5, 0.6) is 0 Å². The Balaban J connectivity index is 1.85. The summed E-state index contributed by atoms with van der Waals surface area (Å²) in [5.41, 5.74) is 0.536. The van der Waals surface area contributed by atoms with Crippen molar-refractivity contribution in [2.75, 3.05) is 20.6 Å². The molecule has 2 aromatic rings. The summed E-state index contributed by atoms with van der Waals surface area (Å²) in [7, 11) is 3.56. The second-order valence-electron chi connectivity index (χ2n) is 5.79. The molecular weight excluding hydrogens is 302 g/mol. The Kier molecular flexibility index (Phi) is 3.96. The Morgan fingerprint density at radius 3 is 3.00 bits per heavy atom. The van der Waals surface area contributed by atoms with E-state index in [-0.39, 0.29) is 17.5 Å². The molecule has 0 aliphatic carbocycles. The van der Waals surface area contributed by atoms with Crippen LogP contribution in [-0.2, 0) is 11.3 Å². The van der Waals surface area contributed by atoms with Gasteiger partial charge in [0.1, 0.15) is 5.01 Å². The summed E-state index contributed by atoms with van der Waals surface area (Å²) in [6.07, 6.45) is 1.88. The molecule has 22 heavy (non-hydrogen) atoms. The third kappa shape index (κ3) is 2.76. The summed E-state index contributed by atoms with van der Waals surface area (Å²) in [6, 6.07) is 1.39. The molecule has 3 heterocycles. The van der Waals surface area contributed by atoms with Crippen molar-refractivity contribution < 1.29 is 4.79 Å². The van der Waals surface area contributed by atoms with E-state index >= 15 is 0 Å². The van der Waals surface area contributed by atoms with Crippen molar-refractivity contribution in [1.29, 1.82) is 0 Å². The van der Waals surface area contributed by atoms with E-state index in [1.807, 2.05) is 0 Å². The number of rotatable bonds is 3. The van der Waals surface area contributed by atoms with Gasteiger partial charge in [0.05, 0.1) is 12.6 Å². The number of carbonyl (C=O) groups is 1. The number of fused-ring (bicyclic) bond motifs is 1. The summed E-state index contributed by atoms with van der Waals surface area (Å²) in [4.78, 5) is 32.8. The van der Waals surface area contributed by atoms with Crippen LogP contribution in [0.3, 0.4) is 0 Å². The number of carbonyl (C=O) groups excluding carboxylic acids is 1. The molecule has 0 bridgehead atoms. The highest BCUT2D eigenvalue weighted by atomic mass is 32.1. The minimum Gasteiger partial charge on any atom is -0.347 e. The minimum absolute atomic E-state index is 0.0894. The third-order valence-electron chi connectivity index (χ3n) is 3.84. The number of aromatic nitrogens is 3. The normalized spacial score (nSPS) is 19.0. The molecule has 118 valence electrons. The minimum atomic E-state index is -0.160. The Labute approximate surface area is 132 Å². The van der Waals surface area contributed by atoms with Crippen LogP contribution in [0, 0.1) is 6.92 Å². The third-order valence-corrected chi connectivity index (χ3v) is 4.74. The summed E-state index contributed by atoms with van der Waals surface area (Å²) >= 11 is 1.41. The number of likely N-dealkylation sites (N-methyl/N-ethyl adjacent to an activating group) is 1. The van der Waals surface area contributed by atoms with E-state index in [1.165, 1.54) is 21.9 Å². The monoisotopic (exact) mass is 321 g/mol. The first-order chi connectivity index (χ1) is 10.5. The fourth-order valence-electron chi connectivity index (χ4n) is 2.79. The van der Waals surface area contributed by atoms with Gasteiger partial charge < -0.3 is 4.90 Å². The van der Waals surface area contributed by atoms with Crippen LogP contribution in [-0.4, -0.2) is 57.0 Å². The zero-order chi connectivity index (χ0) is 15.9. The molecular formula is C14H19N5O2S. The van der Waals surface area contributed by atoms with Crippen LogP contribution in [0.2, 0.25) is 0 Å². The summed E-state index contributed by atoms with van der Waals surface area (Å²) < 4.78 is 1.34. The maximum Gasteiger partial charge on any atom is 0.275 e. The van der Waals surface area contributed by atoms with E-state index in [4.69, 9.17) is 0 Å². The lowest BCUT2D eigenvalue weighted by Crippen LogP contribution is -2.42. The molecule has 0 spiro atoms. The van der Waals surface area contributed by atoms with E-state index in [9.17, 15) is 9.59 Å². The van der Waals surface area contributed by atoms with Gasteiger partial charge in [-0.2, -0.15) is 9.61 Å². The SMILES string of the molecule is Cc1cc(=O)n2nc(CN3CCCC3C(=O)N(C)C)sc2n1. The smallest absolute Gasteiger partial charge is 0.275 e. The fraction of sp³-hybridized carbons (Fsp3) is 0.571. The van der Waals surface area contributed by atoms with Gasteiger partial charge in [0.2, 0.25) is 10.9 Å². The van der Waals surface area contributed by atoms with E-state index in [2.05, 4.69) is 15.0 Å². The van der Waals surface area contributed by atoms with Gasteiger partial charge in [-0.3, -0.25) is 14.5 Å². The average Bonchev–Trinajstić information content (AvgIpc) is 3.04. The molecule has 1 atom stereocenters. The Bertz CT molecular complexity index is 766. The van der Waals surface area contributed by atoms with Crippen molar-refractivity contribution in [3.63, 3.8) is 0 Å². The van der Waals surface area contributed by atoms with Crippen molar-refractivity contribution >= 4 is 22.2 Å². The number of aryl methyl sites for hydroxylation is 1. The largest absolute Gasteiger partial charge is 0.347 e. The predicted molar refractivity (Wildman–Crippen MR) is 84.0 cm³/mol. The standard InChI is InChI=1S/C14H19N5O2S/c1-9-7-12(20)19-14(15-9)22-11(16-19)8-18-6-4-5-10(18)13(21)17(2)3/h7,10H,4-6,8H2,1-3H3. The summed E-state index contributed by atoms with van der Waals surface area (Å²) in [6.45, 7) is 3.26. The molecule has 1 fully saturated rings. The zero-order valence-corrected chi connectivity index (χ0v) is 13.8. The molecule has 7 nitrogen and oxygen atoms in total. The molecule has 0 N–H and O–H groups in total. The van der Waals surface area contributed by atoms with Gasteiger partial charge in [0, 0.05) is 25.9 Å². The van der Waals surface area contributed by atoms with Crippen LogP contribution in [0.4, 0.5) is 0 Å². The zero-order valence-electron chi connectivity index (χ0n) is 12.9. The summed E-state index contributed by atoms with van der Waals surface area (Å²) in [5, 5.41) is 5.16. The highest BCUT2D eigenvalue weighted by molar-refractivity contribution is 7.16. The van der Waals surface area contributed by atoms with Crippen LogP contribution in [0.1, 0.15) is 23.5 Å². The summed E-state index contributed by atoms with van der Waals surface area (Å²) in [5.74, 6) is 0.129. The molecule has 0 saturated carbocycles. The quantitative estimate of drug-likeness (QED) is 0.824. The number of hydrogen-bond acceptors (Lipinski definition) is 6. The lowest BCUT2D eigenvalue weighted by atomic mass is 10.2. The van der Waals surface area contributed by atoms with Crippen molar-refractivity contribution in [2.24, 2.45) is 0 Å². The Morgan fingerprint density at radius 1 is 1.50 bits per heavy atom.